The monoisotopic (exact) mass is 427 g/mol. The second kappa shape index (κ2) is 8.18. The van der Waals surface area contributed by atoms with Gasteiger partial charge in [-0.25, -0.2) is 9.48 Å². The molecule has 6 nitrogen and oxygen atoms in total. The van der Waals surface area contributed by atoms with E-state index in [1.165, 1.54) is 11.0 Å². The third-order valence-corrected chi connectivity index (χ3v) is 4.64. The molecule has 1 N–H and O–H groups in total. The first kappa shape index (κ1) is 18.8. The maximum absolute atomic E-state index is 12.3. The molecule has 0 radical (unpaired) electrons. The molecule has 7 heteroatoms. The smallest absolute Gasteiger partial charge is 0.411 e. The van der Waals surface area contributed by atoms with E-state index < -0.39 is 6.09 Å². The van der Waals surface area contributed by atoms with Crippen LogP contribution >= 0.6 is 15.9 Å². The van der Waals surface area contributed by atoms with Crippen molar-refractivity contribution in [3.63, 3.8) is 0 Å². The van der Waals surface area contributed by atoms with Gasteiger partial charge in [-0.2, -0.15) is 5.10 Å². The van der Waals surface area contributed by atoms with Gasteiger partial charge in [0, 0.05) is 35.4 Å². The van der Waals surface area contributed by atoms with E-state index in [0.717, 1.165) is 15.7 Å². The van der Waals surface area contributed by atoms with Crippen LogP contribution in [0.25, 0.3) is 5.69 Å². The number of halogens is 1. The maximum atomic E-state index is 12.3. The van der Waals surface area contributed by atoms with Crippen molar-refractivity contribution in [2.45, 2.75) is 13.3 Å². The number of benzene rings is 2. The minimum atomic E-state index is -1.01. The van der Waals surface area contributed by atoms with Crippen LogP contribution in [-0.4, -0.2) is 27.5 Å². The zero-order valence-corrected chi connectivity index (χ0v) is 16.3. The highest BCUT2D eigenvalue weighted by atomic mass is 79.9. The number of carboxylic acid groups (broad SMARTS) is 1. The van der Waals surface area contributed by atoms with E-state index in [0.29, 0.717) is 24.3 Å². The lowest BCUT2D eigenvalue weighted by Gasteiger charge is -2.17. The van der Waals surface area contributed by atoms with Crippen molar-refractivity contribution in [3.05, 3.63) is 86.7 Å². The van der Waals surface area contributed by atoms with Crippen molar-refractivity contribution in [1.29, 1.82) is 0 Å². The Kier molecular flexibility index (Phi) is 5.71. The SMILES string of the molecule is CCN(C(=O)O)c1cccc(Cc2nn(-c3ccc(Br)cc3)ccc2=O)c1. The summed E-state index contributed by atoms with van der Waals surface area (Å²) in [6.07, 6.45) is 0.945. The van der Waals surface area contributed by atoms with Gasteiger partial charge in [0.2, 0.25) is 5.43 Å². The van der Waals surface area contributed by atoms with Crippen LogP contribution in [0.5, 0.6) is 0 Å². The number of rotatable bonds is 5. The van der Waals surface area contributed by atoms with Gasteiger partial charge in [0.05, 0.1) is 5.69 Å². The Bertz CT molecular complexity index is 1020. The highest BCUT2D eigenvalue weighted by Crippen LogP contribution is 2.18. The summed E-state index contributed by atoms with van der Waals surface area (Å²) < 4.78 is 2.62. The molecule has 0 aliphatic rings. The lowest BCUT2D eigenvalue weighted by Crippen LogP contribution is -2.28. The Morgan fingerprint density at radius 2 is 1.93 bits per heavy atom. The summed E-state index contributed by atoms with van der Waals surface area (Å²) in [5, 5.41) is 13.7. The third kappa shape index (κ3) is 4.43. The molecule has 0 aliphatic heterocycles. The molecule has 1 aromatic heterocycles. The van der Waals surface area contributed by atoms with Crippen molar-refractivity contribution in [2.24, 2.45) is 0 Å². The van der Waals surface area contributed by atoms with Crippen molar-refractivity contribution >= 4 is 27.7 Å². The first-order chi connectivity index (χ1) is 13.0. The van der Waals surface area contributed by atoms with Crippen LogP contribution in [0.3, 0.4) is 0 Å². The van der Waals surface area contributed by atoms with Crippen molar-refractivity contribution in [1.82, 2.24) is 9.78 Å². The number of carbonyl (C=O) groups is 1. The fraction of sp³-hybridized carbons (Fsp3) is 0.150. The fourth-order valence-corrected chi connectivity index (χ4v) is 3.03. The van der Waals surface area contributed by atoms with Gasteiger partial charge in [0.15, 0.2) is 0 Å². The summed E-state index contributed by atoms with van der Waals surface area (Å²) in [4.78, 5) is 24.8. The van der Waals surface area contributed by atoms with E-state index in [4.69, 9.17) is 0 Å². The minimum absolute atomic E-state index is 0.153. The van der Waals surface area contributed by atoms with Crippen molar-refractivity contribution in [3.8, 4) is 5.69 Å². The second-order valence-corrected chi connectivity index (χ2v) is 6.84. The maximum Gasteiger partial charge on any atom is 0.411 e. The molecule has 0 bridgehead atoms. The first-order valence-corrected chi connectivity index (χ1v) is 9.21. The van der Waals surface area contributed by atoms with Gasteiger partial charge >= 0.3 is 6.09 Å². The number of hydrogen-bond donors (Lipinski definition) is 1. The summed E-state index contributed by atoms with van der Waals surface area (Å²) in [7, 11) is 0. The van der Waals surface area contributed by atoms with Crippen LogP contribution in [0, 0.1) is 0 Å². The summed E-state index contributed by atoms with van der Waals surface area (Å²) in [6.45, 7) is 2.12. The predicted octanol–water partition coefficient (Wildman–Crippen LogP) is 4.09. The molecule has 0 fully saturated rings. The Labute approximate surface area is 164 Å². The molecule has 3 rings (SSSR count). The molecule has 0 saturated carbocycles. The average molecular weight is 428 g/mol. The predicted molar refractivity (Wildman–Crippen MR) is 108 cm³/mol. The Hall–Kier alpha value is -2.93. The topological polar surface area (TPSA) is 75.4 Å². The van der Waals surface area contributed by atoms with Crippen LogP contribution < -0.4 is 10.3 Å². The van der Waals surface area contributed by atoms with Gasteiger partial charge in [-0.05, 0) is 48.9 Å². The van der Waals surface area contributed by atoms with E-state index in [2.05, 4.69) is 21.0 Å². The standard InChI is InChI=1S/C20H18BrN3O3/c1-2-23(20(26)27)17-5-3-4-14(12-17)13-18-19(25)10-11-24(22-18)16-8-6-15(21)7-9-16/h3-12H,2,13H2,1H3,(H,26,27). The Morgan fingerprint density at radius 3 is 2.59 bits per heavy atom. The van der Waals surface area contributed by atoms with Gasteiger partial charge in [0.25, 0.3) is 0 Å². The molecule has 1 amide bonds. The zero-order chi connectivity index (χ0) is 19.4. The first-order valence-electron chi connectivity index (χ1n) is 8.42. The molecule has 138 valence electrons. The highest BCUT2D eigenvalue weighted by Gasteiger charge is 2.13. The van der Waals surface area contributed by atoms with E-state index in [1.807, 2.05) is 30.3 Å². The van der Waals surface area contributed by atoms with E-state index in [9.17, 15) is 14.7 Å². The molecule has 1 heterocycles. The molecule has 27 heavy (non-hydrogen) atoms. The molecule has 3 aromatic rings. The van der Waals surface area contributed by atoms with E-state index in [-0.39, 0.29) is 5.43 Å². The summed E-state index contributed by atoms with van der Waals surface area (Å²) in [6, 6.07) is 16.3. The summed E-state index contributed by atoms with van der Waals surface area (Å²) in [5.74, 6) is 0. The second-order valence-electron chi connectivity index (χ2n) is 5.92. The largest absolute Gasteiger partial charge is 0.465 e. The van der Waals surface area contributed by atoms with E-state index in [1.54, 1.807) is 36.0 Å². The Morgan fingerprint density at radius 1 is 1.19 bits per heavy atom. The fourth-order valence-electron chi connectivity index (χ4n) is 2.76. The van der Waals surface area contributed by atoms with Gasteiger partial charge in [-0.15, -0.1) is 0 Å². The number of hydrogen-bond acceptors (Lipinski definition) is 3. The molecule has 0 unspecified atom stereocenters. The van der Waals surface area contributed by atoms with Crippen molar-refractivity contribution in [2.75, 3.05) is 11.4 Å². The van der Waals surface area contributed by atoms with Gasteiger partial charge in [0.1, 0.15) is 5.69 Å². The summed E-state index contributed by atoms with van der Waals surface area (Å²) >= 11 is 3.40. The van der Waals surface area contributed by atoms with Gasteiger partial charge in [-0.3, -0.25) is 9.69 Å². The number of anilines is 1. The van der Waals surface area contributed by atoms with Crippen molar-refractivity contribution < 1.29 is 9.90 Å². The summed E-state index contributed by atoms with van der Waals surface area (Å²) in [5.41, 5.74) is 2.49. The quantitative estimate of drug-likeness (QED) is 0.664. The Balaban J connectivity index is 1.92. The molecule has 0 atom stereocenters. The highest BCUT2D eigenvalue weighted by molar-refractivity contribution is 9.10. The zero-order valence-electron chi connectivity index (χ0n) is 14.7. The molecule has 0 aliphatic carbocycles. The van der Waals surface area contributed by atoms with E-state index >= 15 is 0 Å². The lowest BCUT2D eigenvalue weighted by atomic mass is 10.1. The molecule has 2 aromatic carbocycles. The molecular weight excluding hydrogens is 410 g/mol. The lowest BCUT2D eigenvalue weighted by molar-refractivity contribution is 0.202. The van der Waals surface area contributed by atoms with Crippen LogP contribution in [0.15, 0.2) is 70.1 Å². The van der Waals surface area contributed by atoms with Crippen LogP contribution in [-0.2, 0) is 6.42 Å². The normalized spacial score (nSPS) is 10.6. The number of nitrogens with zero attached hydrogens (tertiary/aromatic N) is 3. The van der Waals surface area contributed by atoms with Crippen LogP contribution in [0.2, 0.25) is 0 Å². The average Bonchev–Trinajstić information content (AvgIpc) is 2.65. The molecule has 0 spiro atoms. The minimum Gasteiger partial charge on any atom is -0.465 e. The van der Waals surface area contributed by atoms with Crippen LogP contribution in [0.4, 0.5) is 10.5 Å². The van der Waals surface area contributed by atoms with Gasteiger partial charge < -0.3 is 5.11 Å². The number of aromatic nitrogens is 2. The molecular formula is C20H18BrN3O3. The van der Waals surface area contributed by atoms with Gasteiger partial charge in [-0.1, -0.05) is 28.1 Å². The number of amides is 1. The molecule has 0 saturated heterocycles. The van der Waals surface area contributed by atoms with Crippen LogP contribution in [0.1, 0.15) is 18.2 Å². The third-order valence-electron chi connectivity index (χ3n) is 4.11.